The second kappa shape index (κ2) is 5.79. The number of sulfone groups is 1. The summed E-state index contributed by atoms with van der Waals surface area (Å²) in [6.45, 7) is -0.765. The average molecular weight is 297 g/mol. The van der Waals surface area contributed by atoms with Crippen molar-refractivity contribution in [2.75, 3.05) is 19.4 Å². The van der Waals surface area contributed by atoms with E-state index in [1.807, 2.05) is 0 Å². The van der Waals surface area contributed by atoms with Crippen molar-refractivity contribution in [3.8, 4) is 5.75 Å². The number of hydrogen-bond donors (Lipinski definition) is 1. The van der Waals surface area contributed by atoms with Crippen LogP contribution in [0.3, 0.4) is 0 Å². The second-order valence-corrected chi connectivity index (χ2v) is 5.97. The molecule has 0 aliphatic carbocycles. The summed E-state index contributed by atoms with van der Waals surface area (Å²) < 4.78 is 66.1. The van der Waals surface area contributed by atoms with Crippen LogP contribution < -0.4 is 10.5 Å². The predicted molar refractivity (Wildman–Crippen MR) is 63.6 cm³/mol. The maximum absolute atomic E-state index is 12.5. The summed E-state index contributed by atoms with van der Waals surface area (Å²) in [4.78, 5) is -0.184. The van der Waals surface area contributed by atoms with Gasteiger partial charge in [-0.3, -0.25) is 0 Å². The zero-order chi connectivity index (χ0) is 14.7. The van der Waals surface area contributed by atoms with Crippen molar-refractivity contribution in [3.63, 3.8) is 0 Å². The molecule has 1 rings (SSSR count). The van der Waals surface area contributed by atoms with Gasteiger partial charge in [0.1, 0.15) is 5.75 Å². The molecule has 0 saturated carbocycles. The summed E-state index contributed by atoms with van der Waals surface area (Å²) in [5.74, 6) is -2.70. The first kappa shape index (κ1) is 15.8. The molecular weight excluding hydrogens is 283 g/mol. The van der Waals surface area contributed by atoms with Crippen molar-refractivity contribution in [1.29, 1.82) is 0 Å². The number of methoxy groups -OCH3 is 1. The number of hydrogen-bond acceptors (Lipinski definition) is 4. The van der Waals surface area contributed by atoms with Gasteiger partial charge in [-0.25, -0.2) is 8.42 Å². The molecule has 108 valence electrons. The van der Waals surface area contributed by atoms with Gasteiger partial charge in [0, 0.05) is 6.54 Å². The smallest absolute Gasteiger partial charge is 0.394 e. The van der Waals surface area contributed by atoms with Gasteiger partial charge in [0.05, 0.1) is 23.7 Å². The summed E-state index contributed by atoms with van der Waals surface area (Å²) in [7, 11) is -2.63. The zero-order valence-corrected chi connectivity index (χ0v) is 11.0. The molecule has 0 aliphatic heterocycles. The van der Waals surface area contributed by atoms with Gasteiger partial charge in [-0.2, -0.15) is 13.2 Å². The Bertz CT molecular complexity index is 511. The van der Waals surface area contributed by atoms with Crippen molar-refractivity contribution in [1.82, 2.24) is 0 Å². The van der Waals surface area contributed by atoms with Crippen LogP contribution in [0.4, 0.5) is 13.2 Å². The number of benzene rings is 1. The van der Waals surface area contributed by atoms with E-state index in [2.05, 4.69) is 0 Å². The Morgan fingerprint density at radius 1 is 1.26 bits per heavy atom. The molecule has 4 nitrogen and oxygen atoms in total. The van der Waals surface area contributed by atoms with E-state index < -0.39 is 34.2 Å². The lowest BCUT2D eigenvalue weighted by Crippen LogP contribution is -2.36. The van der Waals surface area contributed by atoms with Gasteiger partial charge in [-0.05, 0) is 24.3 Å². The molecule has 0 fully saturated rings. The van der Waals surface area contributed by atoms with Gasteiger partial charge in [0.15, 0.2) is 9.84 Å². The van der Waals surface area contributed by atoms with E-state index in [0.29, 0.717) is 5.75 Å². The molecule has 1 aromatic rings. The quantitative estimate of drug-likeness (QED) is 0.896. The lowest BCUT2D eigenvalue weighted by Gasteiger charge is -2.18. The normalized spacial score (nSPS) is 14.2. The molecule has 0 saturated heterocycles. The first-order chi connectivity index (χ1) is 8.70. The Morgan fingerprint density at radius 2 is 1.79 bits per heavy atom. The van der Waals surface area contributed by atoms with Crippen LogP contribution in [0.2, 0.25) is 0 Å². The number of rotatable bonds is 5. The summed E-state index contributed by atoms with van der Waals surface area (Å²) in [6.07, 6.45) is -4.63. The van der Waals surface area contributed by atoms with Gasteiger partial charge >= 0.3 is 6.18 Å². The molecular formula is C11H14F3NO3S. The molecule has 0 aromatic heterocycles. The van der Waals surface area contributed by atoms with Crippen molar-refractivity contribution in [2.24, 2.45) is 11.7 Å². The molecule has 1 unspecified atom stereocenters. The van der Waals surface area contributed by atoms with E-state index >= 15 is 0 Å². The maximum Gasteiger partial charge on any atom is 0.394 e. The fourth-order valence-corrected chi connectivity index (χ4v) is 3.04. The number of halogens is 3. The first-order valence-electron chi connectivity index (χ1n) is 5.34. The van der Waals surface area contributed by atoms with Crippen LogP contribution in [0.5, 0.6) is 5.75 Å². The summed E-state index contributed by atoms with van der Waals surface area (Å²) in [6, 6.07) is 5.16. The standard InChI is InChI=1S/C11H14F3NO3S/c1-18-9-2-4-10(5-3-9)19(16,17)7-8(6-15)11(12,13)14/h2-5,8H,6-7,15H2,1H3. The molecule has 1 atom stereocenters. The highest BCUT2D eigenvalue weighted by atomic mass is 32.2. The molecule has 0 bridgehead atoms. The summed E-state index contributed by atoms with van der Waals surface area (Å²) in [5, 5.41) is 0. The number of ether oxygens (including phenoxy) is 1. The minimum absolute atomic E-state index is 0.184. The molecule has 2 N–H and O–H groups in total. The highest BCUT2D eigenvalue weighted by molar-refractivity contribution is 7.91. The third kappa shape index (κ3) is 4.10. The Kier molecular flexibility index (Phi) is 4.81. The van der Waals surface area contributed by atoms with Crippen molar-refractivity contribution < 1.29 is 26.3 Å². The maximum atomic E-state index is 12.5. The van der Waals surface area contributed by atoms with E-state index in [0.717, 1.165) is 0 Å². The van der Waals surface area contributed by atoms with E-state index in [4.69, 9.17) is 10.5 Å². The Hall–Kier alpha value is -1.28. The number of nitrogens with two attached hydrogens (primary N) is 1. The average Bonchev–Trinajstić information content (AvgIpc) is 2.34. The lowest BCUT2D eigenvalue weighted by atomic mass is 10.2. The van der Waals surface area contributed by atoms with Crippen molar-refractivity contribution >= 4 is 9.84 Å². The van der Waals surface area contributed by atoms with Gasteiger partial charge in [-0.15, -0.1) is 0 Å². The van der Waals surface area contributed by atoms with Gasteiger partial charge in [-0.1, -0.05) is 0 Å². The molecule has 0 amide bonds. The largest absolute Gasteiger partial charge is 0.497 e. The Balaban J connectivity index is 2.97. The van der Waals surface area contributed by atoms with Crippen LogP contribution in [-0.4, -0.2) is 34.0 Å². The van der Waals surface area contributed by atoms with Crippen LogP contribution in [-0.2, 0) is 9.84 Å². The Morgan fingerprint density at radius 3 is 2.16 bits per heavy atom. The molecule has 0 aliphatic rings. The summed E-state index contributed by atoms with van der Waals surface area (Å²) in [5.41, 5.74) is 4.99. The van der Waals surface area contributed by atoms with E-state index in [9.17, 15) is 21.6 Å². The fraction of sp³-hybridized carbons (Fsp3) is 0.455. The monoisotopic (exact) mass is 297 g/mol. The molecule has 0 heterocycles. The molecule has 8 heteroatoms. The van der Waals surface area contributed by atoms with Gasteiger partial charge in [0.2, 0.25) is 0 Å². The van der Waals surface area contributed by atoms with Gasteiger partial charge in [0.25, 0.3) is 0 Å². The molecule has 0 spiro atoms. The summed E-state index contributed by atoms with van der Waals surface area (Å²) >= 11 is 0. The lowest BCUT2D eigenvalue weighted by molar-refractivity contribution is -0.165. The highest BCUT2D eigenvalue weighted by Crippen LogP contribution is 2.28. The highest BCUT2D eigenvalue weighted by Gasteiger charge is 2.41. The van der Waals surface area contributed by atoms with Crippen molar-refractivity contribution in [3.05, 3.63) is 24.3 Å². The van der Waals surface area contributed by atoms with Gasteiger partial charge < -0.3 is 10.5 Å². The predicted octanol–water partition coefficient (Wildman–Crippen LogP) is 1.61. The van der Waals surface area contributed by atoms with E-state index in [1.165, 1.54) is 31.4 Å². The zero-order valence-electron chi connectivity index (χ0n) is 10.1. The van der Waals surface area contributed by atoms with Crippen molar-refractivity contribution in [2.45, 2.75) is 11.1 Å². The SMILES string of the molecule is COc1ccc(S(=O)(=O)CC(CN)C(F)(F)F)cc1. The minimum atomic E-state index is -4.63. The van der Waals surface area contributed by atoms with Crippen LogP contribution in [0.25, 0.3) is 0 Å². The van der Waals surface area contributed by atoms with E-state index in [1.54, 1.807) is 0 Å². The van der Waals surface area contributed by atoms with E-state index in [-0.39, 0.29) is 4.90 Å². The molecule has 0 radical (unpaired) electrons. The van der Waals surface area contributed by atoms with Crippen LogP contribution >= 0.6 is 0 Å². The van der Waals surface area contributed by atoms with Crippen LogP contribution in [0.1, 0.15) is 0 Å². The molecule has 1 aromatic carbocycles. The third-order valence-corrected chi connectivity index (χ3v) is 4.42. The number of alkyl halides is 3. The first-order valence-corrected chi connectivity index (χ1v) is 6.99. The fourth-order valence-electron chi connectivity index (χ4n) is 1.44. The third-order valence-electron chi connectivity index (χ3n) is 2.59. The molecule has 19 heavy (non-hydrogen) atoms. The minimum Gasteiger partial charge on any atom is -0.497 e. The topological polar surface area (TPSA) is 69.4 Å². The Labute approximate surface area is 109 Å². The van der Waals surface area contributed by atoms with Crippen LogP contribution in [0, 0.1) is 5.92 Å². The second-order valence-electron chi connectivity index (χ2n) is 3.93. The van der Waals surface area contributed by atoms with Crippen LogP contribution in [0.15, 0.2) is 29.2 Å².